The Morgan fingerprint density at radius 2 is 1.88 bits per heavy atom. The van der Waals surface area contributed by atoms with Gasteiger partial charge in [-0.15, -0.1) is 0 Å². The van der Waals surface area contributed by atoms with E-state index in [1.54, 1.807) is 7.11 Å². The van der Waals surface area contributed by atoms with Gasteiger partial charge in [-0.25, -0.2) is 0 Å². The zero-order valence-electron chi connectivity index (χ0n) is 13.8. The second-order valence-corrected chi connectivity index (χ2v) is 5.63. The molecule has 0 saturated heterocycles. The molecule has 0 radical (unpaired) electrons. The van der Waals surface area contributed by atoms with Crippen molar-refractivity contribution < 1.29 is 23.7 Å². The number of carbonyl (C=O) groups is 1. The maximum absolute atomic E-state index is 12.1. The first-order valence-electron chi connectivity index (χ1n) is 7.83. The highest BCUT2D eigenvalue weighted by molar-refractivity contribution is 5.73. The molecule has 5 heteroatoms. The molecule has 1 aliphatic heterocycles. The molecule has 1 heterocycles. The van der Waals surface area contributed by atoms with Crippen LogP contribution in [0.2, 0.25) is 0 Å². The average Bonchev–Trinajstić information content (AvgIpc) is 2.60. The van der Waals surface area contributed by atoms with Gasteiger partial charge in [0.15, 0.2) is 11.5 Å². The predicted molar refractivity (Wildman–Crippen MR) is 88.7 cm³/mol. The van der Waals surface area contributed by atoms with Crippen LogP contribution in [0.3, 0.4) is 0 Å². The second kappa shape index (κ2) is 7.25. The molecule has 0 bridgehead atoms. The van der Waals surface area contributed by atoms with E-state index in [2.05, 4.69) is 0 Å². The second-order valence-electron chi connectivity index (χ2n) is 5.63. The molecule has 1 aliphatic rings. The Balaban J connectivity index is 1.61. The van der Waals surface area contributed by atoms with Gasteiger partial charge in [-0.2, -0.15) is 0 Å². The summed E-state index contributed by atoms with van der Waals surface area (Å²) in [6, 6.07) is 11.3. The van der Waals surface area contributed by atoms with Gasteiger partial charge in [-0.05, 0) is 36.8 Å². The summed E-state index contributed by atoms with van der Waals surface area (Å²) in [6.07, 6.45) is 0.185. The number of benzene rings is 2. The standard InChI is InChI=1S/C19H20O5/c1-13-3-5-16(21-2)15(9-13)12-24-19(20)11-14-4-6-17-18(10-14)23-8-7-22-17/h3-6,9-10H,7-8,11-12H2,1-2H3. The van der Waals surface area contributed by atoms with Crippen molar-refractivity contribution in [2.45, 2.75) is 20.0 Å². The molecule has 0 unspecified atom stereocenters. The van der Waals surface area contributed by atoms with Crippen LogP contribution in [0.1, 0.15) is 16.7 Å². The molecule has 24 heavy (non-hydrogen) atoms. The van der Waals surface area contributed by atoms with Crippen molar-refractivity contribution >= 4 is 5.97 Å². The first-order chi connectivity index (χ1) is 11.7. The van der Waals surface area contributed by atoms with Crippen LogP contribution in [-0.2, 0) is 22.6 Å². The number of rotatable bonds is 5. The Kier molecular flexibility index (Phi) is 4.89. The summed E-state index contributed by atoms with van der Waals surface area (Å²) in [7, 11) is 1.60. The zero-order valence-corrected chi connectivity index (χ0v) is 13.8. The molecule has 0 aromatic heterocycles. The molecule has 2 aromatic rings. The number of ether oxygens (including phenoxy) is 4. The molecular weight excluding hydrogens is 308 g/mol. The molecule has 0 amide bonds. The quantitative estimate of drug-likeness (QED) is 0.790. The predicted octanol–water partition coefficient (Wildman–Crippen LogP) is 3.06. The molecule has 0 saturated carbocycles. The first kappa shape index (κ1) is 16.2. The molecule has 0 N–H and O–H groups in total. The summed E-state index contributed by atoms with van der Waals surface area (Å²) < 4.78 is 21.7. The summed E-state index contributed by atoms with van der Waals surface area (Å²) in [5.41, 5.74) is 2.78. The average molecular weight is 328 g/mol. The first-order valence-corrected chi connectivity index (χ1v) is 7.83. The van der Waals surface area contributed by atoms with Gasteiger partial charge in [-0.3, -0.25) is 4.79 Å². The fourth-order valence-electron chi connectivity index (χ4n) is 2.59. The third kappa shape index (κ3) is 3.79. The highest BCUT2D eigenvalue weighted by Crippen LogP contribution is 2.31. The number of hydrogen-bond acceptors (Lipinski definition) is 5. The van der Waals surface area contributed by atoms with Crippen LogP contribution in [0.25, 0.3) is 0 Å². The minimum Gasteiger partial charge on any atom is -0.496 e. The van der Waals surface area contributed by atoms with E-state index in [-0.39, 0.29) is 19.0 Å². The fraction of sp³-hybridized carbons (Fsp3) is 0.316. The van der Waals surface area contributed by atoms with Crippen LogP contribution in [0, 0.1) is 6.92 Å². The summed E-state index contributed by atoms with van der Waals surface area (Å²) in [5, 5.41) is 0. The number of fused-ring (bicyclic) bond motifs is 1. The van der Waals surface area contributed by atoms with E-state index in [4.69, 9.17) is 18.9 Å². The van der Waals surface area contributed by atoms with Crippen molar-refractivity contribution in [2.75, 3.05) is 20.3 Å². The van der Waals surface area contributed by atoms with Crippen molar-refractivity contribution in [1.29, 1.82) is 0 Å². The van der Waals surface area contributed by atoms with Gasteiger partial charge in [0.05, 0.1) is 13.5 Å². The topological polar surface area (TPSA) is 54.0 Å². The number of hydrogen-bond donors (Lipinski definition) is 0. The van der Waals surface area contributed by atoms with Crippen molar-refractivity contribution in [3.63, 3.8) is 0 Å². The van der Waals surface area contributed by atoms with E-state index in [1.807, 2.05) is 43.3 Å². The smallest absolute Gasteiger partial charge is 0.310 e. The number of carbonyl (C=O) groups excluding carboxylic acids is 1. The lowest BCUT2D eigenvalue weighted by atomic mass is 10.1. The summed E-state index contributed by atoms with van der Waals surface area (Å²) in [6.45, 7) is 3.24. The van der Waals surface area contributed by atoms with E-state index in [0.717, 1.165) is 16.7 Å². The molecule has 3 rings (SSSR count). The van der Waals surface area contributed by atoms with E-state index >= 15 is 0 Å². The Labute approximate surface area is 141 Å². The van der Waals surface area contributed by atoms with Crippen molar-refractivity contribution in [3.8, 4) is 17.2 Å². The number of esters is 1. The Morgan fingerprint density at radius 1 is 1.08 bits per heavy atom. The van der Waals surface area contributed by atoms with Crippen LogP contribution in [0.15, 0.2) is 36.4 Å². The van der Waals surface area contributed by atoms with Gasteiger partial charge in [0.2, 0.25) is 0 Å². The van der Waals surface area contributed by atoms with Gasteiger partial charge in [0, 0.05) is 5.56 Å². The van der Waals surface area contributed by atoms with Crippen LogP contribution in [0.4, 0.5) is 0 Å². The minimum absolute atomic E-state index is 0.185. The lowest BCUT2D eigenvalue weighted by Crippen LogP contribution is -2.16. The molecule has 0 fully saturated rings. The fourth-order valence-corrected chi connectivity index (χ4v) is 2.59. The van der Waals surface area contributed by atoms with Gasteiger partial charge >= 0.3 is 5.97 Å². The third-order valence-electron chi connectivity index (χ3n) is 3.78. The normalized spacial score (nSPS) is 12.6. The third-order valence-corrected chi connectivity index (χ3v) is 3.78. The molecule has 0 spiro atoms. The Hall–Kier alpha value is -2.69. The summed E-state index contributed by atoms with van der Waals surface area (Å²) in [4.78, 5) is 12.1. The number of methoxy groups -OCH3 is 1. The Bertz CT molecular complexity index is 739. The lowest BCUT2D eigenvalue weighted by molar-refractivity contribution is -0.144. The van der Waals surface area contributed by atoms with E-state index in [0.29, 0.717) is 30.5 Å². The highest BCUT2D eigenvalue weighted by Gasteiger charge is 2.14. The molecule has 126 valence electrons. The molecule has 5 nitrogen and oxygen atoms in total. The van der Waals surface area contributed by atoms with Gasteiger partial charge in [0.1, 0.15) is 25.6 Å². The maximum Gasteiger partial charge on any atom is 0.310 e. The lowest BCUT2D eigenvalue weighted by Gasteiger charge is -2.18. The summed E-state index contributed by atoms with van der Waals surface area (Å²) in [5.74, 6) is 1.80. The van der Waals surface area contributed by atoms with Crippen LogP contribution < -0.4 is 14.2 Å². The zero-order chi connectivity index (χ0) is 16.9. The van der Waals surface area contributed by atoms with Crippen LogP contribution in [0.5, 0.6) is 17.2 Å². The van der Waals surface area contributed by atoms with Crippen molar-refractivity contribution in [2.24, 2.45) is 0 Å². The summed E-state index contributed by atoms with van der Waals surface area (Å²) >= 11 is 0. The van der Waals surface area contributed by atoms with Gasteiger partial charge < -0.3 is 18.9 Å². The van der Waals surface area contributed by atoms with Crippen LogP contribution >= 0.6 is 0 Å². The van der Waals surface area contributed by atoms with Crippen molar-refractivity contribution in [1.82, 2.24) is 0 Å². The minimum atomic E-state index is -0.296. The molecular formula is C19H20O5. The molecule has 2 aromatic carbocycles. The van der Waals surface area contributed by atoms with E-state index in [9.17, 15) is 4.79 Å². The van der Waals surface area contributed by atoms with Gasteiger partial charge in [-0.1, -0.05) is 17.7 Å². The molecule has 0 aliphatic carbocycles. The SMILES string of the molecule is COc1ccc(C)cc1COC(=O)Cc1ccc2c(c1)OCCO2. The molecule has 0 atom stereocenters. The maximum atomic E-state index is 12.1. The highest BCUT2D eigenvalue weighted by atomic mass is 16.6. The van der Waals surface area contributed by atoms with Crippen molar-refractivity contribution in [3.05, 3.63) is 53.1 Å². The van der Waals surface area contributed by atoms with E-state index < -0.39 is 0 Å². The number of aryl methyl sites for hydroxylation is 1. The largest absolute Gasteiger partial charge is 0.496 e. The van der Waals surface area contributed by atoms with Crippen LogP contribution in [-0.4, -0.2) is 26.3 Å². The van der Waals surface area contributed by atoms with E-state index in [1.165, 1.54) is 0 Å². The van der Waals surface area contributed by atoms with Gasteiger partial charge in [0.25, 0.3) is 0 Å². The monoisotopic (exact) mass is 328 g/mol. The Morgan fingerprint density at radius 3 is 2.67 bits per heavy atom.